The number of hydrazone groups is 1. The molecule has 0 spiro atoms. The molecule has 3 rings (SSSR count). The highest BCUT2D eigenvalue weighted by molar-refractivity contribution is 6.30. The highest BCUT2D eigenvalue weighted by Gasteiger charge is 2.27. The highest BCUT2D eigenvalue weighted by Crippen LogP contribution is 2.30. The number of methoxy groups -OCH3 is 1. The molecule has 2 amide bonds. The molecule has 1 atom stereocenters. The summed E-state index contributed by atoms with van der Waals surface area (Å²) in [6, 6.07) is 10.8. The zero-order chi connectivity index (χ0) is 19.6. The van der Waals surface area contributed by atoms with E-state index < -0.39 is 0 Å². The van der Waals surface area contributed by atoms with E-state index in [-0.39, 0.29) is 12.1 Å². The summed E-state index contributed by atoms with van der Waals surface area (Å²) in [6.45, 7) is 1.95. The first-order valence-electron chi connectivity index (χ1n) is 8.51. The van der Waals surface area contributed by atoms with Gasteiger partial charge in [-0.15, -0.1) is 6.42 Å². The second-order valence-corrected chi connectivity index (χ2v) is 6.70. The lowest BCUT2D eigenvalue weighted by Gasteiger charge is -2.22. The van der Waals surface area contributed by atoms with E-state index in [0.29, 0.717) is 28.5 Å². The summed E-state index contributed by atoms with van der Waals surface area (Å²) in [5.74, 6) is 3.26. The lowest BCUT2D eigenvalue weighted by Crippen LogP contribution is -2.41. The summed E-state index contributed by atoms with van der Waals surface area (Å²) in [5, 5.41) is 9.43. The number of urea groups is 1. The van der Waals surface area contributed by atoms with Gasteiger partial charge in [0.2, 0.25) is 0 Å². The van der Waals surface area contributed by atoms with Gasteiger partial charge in [0.15, 0.2) is 0 Å². The van der Waals surface area contributed by atoms with Gasteiger partial charge in [0.1, 0.15) is 5.75 Å². The Bertz CT molecular complexity index is 945. The summed E-state index contributed by atoms with van der Waals surface area (Å²) in [5.41, 5.74) is 4.07. The van der Waals surface area contributed by atoms with Crippen molar-refractivity contribution in [2.45, 2.75) is 19.4 Å². The highest BCUT2D eigenvalue weighted by atomic mass is 35.5. The van der Waals surface area contributed by atoms with Crippen molar-refractivity contribution in [3.8, 4) is 18.1 Å². The van der Waals surface area contributed by atoms with Gasteiger partial charge in [0, 0.05) is 23.2 Å². The molecular formula is C21H20ClN3O2. The van der Waals surface area contributed by atoms with E-state index in [2.05, 4.69) is 16.3 Å². The molecule has 27 heavy (non-hydrogen) atoms. The van der Waals surface area contributed by atoms with Crippen molar-refractivity contribution < 1.29 is 9.53 Å². The number of fused-ring (bicyclic) bond motifs is 1. The van der Waals surface area contributed by atoms with E-state index >= 15 is 0 Å². The number of rotatable bonds is 2. The number of hydrogen-bond acceptors (Lipinski definition) is 3. The van der Waals surface area contributed by atoms with Crippen LogP contribution in [0.3, 0.4) is 0 Å². The standard InChI is InChI=1S/C21H20ClN3O2/c1-5-14-11-16-10-13(2)25(21(26)23-3)24-20(18(16)12-19(14)27-4)15-6-8-17(22)9-7-15/h1,6-9,11-13H,10H2,2-4H3,(H,23,26). The third-order valence-corrected chi connectivity index (χ3v) is 4.77. The number of hydrogen-bond donors (Lipinski definition) is 1. The van der Waals surface area contributed by atoms with Gasteiger partial charge in [0.25, 0.3) is 0 Å². The number of ether oxygens (including phenoxy) is 1. The molecule has 1 N–H and O–H groups in total. The molecule has 0 fully saturated rings. The van der Waals surface area contributed by atoms with Gasteiger partial charge < -0.3 is 10.1 Å². The Kier molecular flexibility index (Phi) is 5.38. The minimum absolute atomic E-state index is 0.146. The molecule has 0 aromatic heterocycles. The lowest BCUT2D eigenvalue weighted by atomic mass is 9.92. The molecule has 1 unspecified atom stereocenters. The Morgan fingerprint density at radius 2 is 2.07 bits per heavy atom. The second-order valence-electron chi connectivity index (χ2n) is 6.26. The van der Waals surface area contributed by atoms with E-state index in [1.807, 2.05) is 31.2 Å². The first kappa shape index (κ1) is 18.8. The van der Waals surface area contributed by atoms with Gasteiger partial charge in [-0.05, 0) is 43.2 Å². The molecule has 0 saturated carbocycles. The van der Waals surface area contributed by atoms with Crippen LogP contribution in [-0.2, 0) is 6.42 Å². The maximum Gasteiger partial charge on any atom is 0.337 e. The molecule has 2 aromatic carbocycles. The van der Waals surface area contributed by atoms with Crippen molar-refractivity contribution in [3.63, 3.8) is 0 Å². The Balaban J connectivity index is 2.26. The maximum atomic E-state index is 12.4. The van der Waals surface area contributed by atoms with Crippen LogP contribution in [0.4, 0.5) is 4.79 Å². The summed E-state index contributed by atoms with van der Waals surface area (Å²) in [7, 11) is 3.17. The van der Waals surface area contributed by atoms with Gasteiger partial charge in [-0.3, -0.25) is 0 Å². The molecular weight excluding hydrogens is 362 g/mol. The van der Waals surface area contributed by atoms with Crippen LogP contribution in [0.15, 0.2) is 41.5 Å². The molecule has 138 valence electrons. The molecule has 1 aliphatic rings. The van der Waals surface area contributed by atoms with Crippen LogP contribution in [0.1, 0.15) is 29.2 Å². The van der Waals surface area contributed by atoms with Crippen molar-refractivity contribution in [2.75, 3.05) is 14.2 Å². The van der Waals surface area contributed by atoms with Gasteiger partial charge in [-0.1, -0.05) is 29.7 Å². The molecule has 1 heterocycles. The van der Waals surface area contributed by atoms with Crippen molar-refractivity contribution in [1.29, 1.82) is 0 Å². The third-order valence-electron chi connectivity index (χ3n) is 4.52. The Morgan fingerprint density at radius 3 is 2.67 bits per heavy atom. The smallest absolute Gasteiger partial charge is 0.337 e. The zero-order valence-electron chi connectivity index (χ0n) is 15.4. The topological polar surface area (TPSA) is 53.9 Å². The first-order chi connectivity index (χ1) is 13.0. The van der Waals surface area contributed by atoms with Crippen molar-refractivity contribution >= 4 is 23.3 Å². The average Bonchev–Trinajstić information content (AvgIpc) is 2.82. The Hall–Kier alpha value is -2.97. The fraction of sp³-hybridized carbons (Fsp3) is 0.238. The SMILES string of the molecule is C#Cc1cc2c(cc1OC)C(c1ccc(Cl)cc1)=NN(C(=O)NC)C(C)C2. The molecule has 0 radical (unpaired) electrons. The quantitative estimate of drug-likeness (QED) is 0.807. The number of amides is 2. The molecule has 0 bridgehead atoms. The number of carbonyl (C=O) groups is 1. The molecule has 1 aliphatic heterocycles. The van der Waals surface area contributed by atoms with Crippen molar-refractivity contribution in [3.05, 3.63) is 63.7 Å². The third kappa shape index (κ3) is 3.62. The van der Waals surface area contributed by atoms with E-state index in [0.717, 1.165) is 16.7 Å². The zero-order valence-corrected chi connectivity index (χ0v) is 16.2. The van der Waals surface area contributed by atoms with Crippen LogP contribution >= 0.6 is 11.6 Å². The van der Waals surface area contributed by atoms with Crippen LogP contribution in [0, 0.1) is 12.3 Å². The van der Waals surface area contributed by atoms with Gasteiger partial charge >= 0.3 is 6.03 Å². The summed E-state index contributed by atoms with van der Waals surface area (Å²) < 4.78 is 5.46. The number of benzene rings is 2. The number of terminal acetylenes is 1. The fourth-order valence-corrected chi connectivity index (χ4v) is 3.27. The number of carbonyl (C=O) groups excluding carboxylic acids is 1. The van der Waals surface area contributed by atoms with Gasteiger partial charge in [0.05, 0.1) is 24.4 Å². The minimum Gasteiger partial charge on any atom is -0.495 e. The van der Waals surface area contributed by atoms with Crippen LogP contribution in [0.5, 0.6) is 5.75 Å². The average molecular weight is 382 g/mol. The Morgan fingerprint density at radius 1 is 1.37 bits per heavy atom. The molecule has 0 aliphatic carbocycles. The molecule has 6 heteroatoms. The molecule has 2 aromatic rings. The fourth-order valence-electron chi connectivity index (χ4n) is 3.14. The largest absolute Gasteiger partial charge is 0.495 e. The van der Waals surface area contributed by atoms with Crippen molar-refractivity contribution in [1.82, 2.24) is 10.3 Å². The normalized spacial score (nSPS) is 15.9. The van der Waals surface area contributed by atoms with Crippen molar-refractivity contribution in [2.24, 2.45) is 5.10 Å². The first-order valence-corrected chi connectivity index (χ1v) is 8.89. The predicted octanol–water partition coefficient (Wildman–Crippen LogP) is 3.67. The maximum absolute atomic E-state index is 12.4. The van der Waals surface area contributed by atoms with E-state index in [1.165, 1.54) is 5.01 Å². The minimum atomic E-state index is -0.272. The second kappa shape index (κ2) is 7.73. The van der Waals surface area contributed by atoms with E-state index in [4.69, 9.17) is 22.8 Å². The van der Waals surface area contributed by atoms with Crippen LogP contribution in [0.2, 0.25) is 5.02 Å². The van der Waals surface area contributed by atoms with E-state index in [9.17, 15) is 4.79 Å². The monoisotopic (exact) mass is 381 g/mol. The number of nitrogens with one attached hydrogen (secondary N) is 1. The summed E-state index contributed by atoms with van der Waals surface area (Å²) in [4.78, 5) is 12.4. The predicted molar refractivity (Wildman–Crippen MR) is 107 cm³/mol. The van der Waals surface area contributed by atoms with E-state index in [1.54, 1.807) is 26.3 Å². The molecule has 5 nitrogen and oxygen atoms in total. The van der Waals surface area contributed by atoms with Crippen LogP contribution in [0.25, 0.3) is 0 Å². The van der Waals surface area contributed by atoms with Gasteiger partial charge in [-0.2, -0.15) is 5.10 Å². The summed E-state index contributed by atoms with van der Waals surface area (Å²) >= 11 is 6.04. The molecule has 0 saturated heterocycles. The van der Waals surface area contributed by atoms with Crippen LogP contribution < -0.4 is 10.1 Å². The Labute approximate surface area is 164 Å². The lowest BCUT2D eigenvalue weighted by molar-refractivity contribution is 0.184. The van der Waals surface area contributed by atoms with Crippen LogP contribution in [-0.4, -0.2) is 37.0 Å². The number of nitrogens with zero attached hydrogens (tertiary/aromatic N) is 2. The van der Waals surface area contributed by atoms with Gasteiger partial charge in [-0.25, -0.2) is 9.80 Å². The summed E-state index contributed by atoms with van der Waals surface area (Å²) in [6.07, 6.45) is 6.26. The number of halogens is 1.